The summed E-state index contributed by atoms with van der Waals surface area (Å²) in [6, 6.07) is 8.54. The molecule has 0 atom stereocenters. The van der Waals surface area contributed by atoms with Crippen LogP contribution in [0.2, 0.25) is 0 Å². The number of allylic oxidation sites excluding steroid dienone is 1. The van der Waals surface area contributed by atoms with Crippen molar-refractivity contribution in [2.45, 2.75) is 19.8 Å². The Morgan fingerprint density at radius 2 is 1.73 bits per heavy atom. The second-order valence-electron chi connectivity index (χ2n) is 3.31. The molecule has 0 unspecified atom stereocenters. The maximum atomic E-state index is 2.40. The molecule has 0 nitrogen and oxygen atoms in total. The third-order valence-electron chi connectivity index (χ3n) is 2.22. The standard InChI is InChI=1S/C12H13.2HI.Ti/c1-2-5-10-8-11-6-3-4-7-12(11)9-10;;;/h3-4,6-9H,2,5H2,1H3;2*1H;/q;;;+2/p-2. The van der Waals surface area contributed by atoms with E-state index in [4.69, 9.17) is 0 Å². The first-order chi connectivity index (χ1) is 7.31. The van der Waals surface area contributed by atoms with Gasteiger partial charge in [0.05, 0.1) is 0 Å². The van der Waals surface area contributed by atoms with Gasteiger partial charge in [-0.1, -0.05) is 49.3 Å². The van der Waals surface area contributed by atoms with Gasteiger partial charge in [0.15, 0.2) is 0 Å². The van der Waals surface area contributed by atoms with Crippen LogP contribution in [-0.2, 0) is 11.7 Å². The molecule has 79 valence electrons. The molecular weight excluding hydrogens is 446 g/mol. The van der Waals surface area contributed by atoms with Gasteiger partial charge in [-0.15, -0.1) is 0 Å². The molecule has 2 rings (SSSR count). The van der Waals surface area contributed by atoms with E-state index in [0.29, 0.717) is 11.7 Å². The van der Waals surface area contributed by atoms with Gasteiger partial charge in [-0.2, -0.15) is 0 Å². The molecule has 3 heteroatoms. The molecule has 0 aromatic heterocycles. The van der Waals surface area contributed by atoms with Crippen LogP contribution in [0, 0.1) is 6.42 Å². The number of hydrogen-bond donors (Lipinski definition) is 0. The van der Waals surface area contributed by atoms with Gasteiger partial charge < -0.3 is 0 Å². The second-order valence-corrected chi connectivity index (χ2v) is 16.5. The summed E-state index contributed by atoms with van der Waals surface area (Å²) in [6.07, 6.45) is 7.02. The first-order valence-electron chi connectivity index (χ1n) is 4.92. The molecule has 0 fully saturated rings. The summed E-state index contributed by atoms with van der Waals surface area (Å²) in [7, 11) is 0. The average molecular weight is 459 g/mol. The van der Waals surface area contributed by atoms with Crippen molar-refractivity contribution in [3.05, 3.63) is 47.4 Å². The fraction of sp³-hybridized carbons (Fsp3) is 0.250. The quantitative estimate of drug-likeness (QED) is 0.422. The normalized spacial score (nSPS) is 12.3. The van der Waals surface area contributed by atoms with Crippen molar-refractivity contribution in [2.24, 2.45) is 0 Å². The molecular formula is C12H13I2Ti. The first kappa shape index (κ1) is 14.2. The fourth-order valence-corrected chi connectivity index (χ4v) is 1.65. The molecule has 1 aromatic carbocycles. The summed E-state index contributed by atoms with van der Waals surface area (Å²) in [5, 5.41) is 0. The number of halogens is 2. The van der Waals surface area contributed by atoms with Gasteiger partial charge in [0.2, 0.25) is 0 Å². The third kappa shape index (κ3) is 4.88. The van der Waals surface area contributed by atoms with Gasteiger partial charge in [0.25, 0.3) is 0 Å². The number of rotatable bonds is 2. The van der Waals surface area contributed by atoms with Crippen LogP contribution in [0.15, 0.2) is 29.8 Å². The average Bonchev–Trinajstić information content (AvgIpc) is 2.61. The van der Waals surface area contributed by atoms with E-state index in [-0.39, 0.29) is 0 Å². The minimum absolute atomic E-state index is 0.440. The zero-order chi connectivity index (χ0) is 11.1. The zero-order valence-corrected chi connectivity index (χ0v) is 14.5. The van der Waals surface area contributed by atoms with Crippen LogP contribution in [-0.4, -0.2) is 0 Å². The molecule has 0 saturated heterocycles. The van der Waals surface area contributed by atoms with Gasteiger partial charge in [0.1, 0.15) is 0 Å². The van der Waals surface area contributed by atoms with Crippen LogP contribution in [0.3, 0.4) is 0 Å². The van der Waals surface area contributed by atoms with Crippen LogP contribution in [0.25, 0.3) is 6.08 Å². The third-order valence-corrected chi connectivity index (χ3v) is 2.22. The molecule has 0 amide bonds. The van der Waals surface area contributed by atoms with Gasteiger partial charge >= 0.3 is 50.0 Å². The molecule has 1 radical (unpaired) electrons. The zero-order valence-electron chi connectivity index (χ0n) is 8.63. The number of hydrogen-bond acceptors (Lipinski definition) is 0. The van der Waals surface area contributed by atoms with Crippen LogP contribution in [0.5, 0.6) is 0 Å². The summed E-state index contributed by atoms with van der Waals surface area (Å²) in [5.41, 5.74) is 4.22. The molecule has 15 heavy (non-hydrogen) atoms. The number of fused-ring (bicyclic) bond motifs is 1. The maximum absolute atomic E-state index is 2.40. The molecule has 0 aliphatic heterocycles. The first-order valence-corrected chi connectivity index (χ1v) is 15.0. The van der Waals surface area contributed by atoms with Crippen molar-refractivity contribution in [3.63, 3.8) is 0 Å². The van der Waals surface area contributed by atoms with Crippen molar-refractivity contribution in [1.29, 1.82) is 0 Å². The Labute approximate surface area is 122 Å². The van der Waals surface area contributed by atoms with Crippen LogP contribution in [0.1, 0.15) is 30.9 Å². The van der Waals surface area contributed by atoms with E-state index in [0.717, 1.165) is 0 Å². The molecule has 0 bridgehead atoms. The summed E-state index contributed by atoms with van der Waals surface area (Å²) in [5.74, 6) is 0. The molecule has 1 aliphatic rings. The SMILES string of the molecule is CCCC1=Cc2ccccc2[CH]1.[I][Ti][I]. The van der Waals surface area contributed by atoms with E-state index in [1.807, 2.05) is 0 Å². The Balaban J connectivity index is 0.000000337. The molecule has 0 spiro atoms. The second kappa shape index (κ2) is 8.26. The van der Waals surface area contributed by atoms with Crippen LogP contribution < -0.4 is 0 Å². The fourth-order valence-electron chi connectivity index (χ4n) is 1.65. The van der Waals surface area contributed by atoms with E-state index < -0.39 is 0 Å². The van der Waals surface area contributed by atoms with Gasteiger partial charge in [0, 0.05) is 6.42 Å². The summed E-state index contributed by atoms with van der Waals surface area (Å²) >= 11 is 5.24. The van der Waals surface area contributed by atoms with Gasteiger partial charge in [-0.05, 0) is 17.5 Å². The minimum atomic E-state index is 0.440. The van der Waals surface area contributed by atoms with Crippen molar-refractivity contribution in [2.75, 3.05) is 0 Å². The Bertz CT molecular complexity index is 334. The summed E-state index contributed by atoms with van der Waals surface area (Å²) < 4.78 is 0. The Hall–Kier alpha value is 1.13. The summed E-state index contributed by atoms with van der Waals surface area (Å²) in [4.78, 5) is 0. The van der Waals surface area contributed by atoms with Gasteiger partial charge in [-0.25, -0.2) is 0 Å². The van der Waals surface area contributed by atoms with E-state index in [9.17, 15) is 0 Å². The van der Waals surface area contributed by atoms with Crippen LogP contribution in [0.4, 0.5) is 0 Å². The predicted molar refractivity (Wildman–Crippen MR) is 80.8 cm³/mol. The van der Waals surface area contributed by atoms with E-state index in [1.165, 1.54) is 29.5 Å². The summed E-state index contributed by atoms with van der Waals surface area (Å²) in [6.45, 7) is 2.22. The Morgan fingerprint density at radius 1 is 1.13 bits per heavy atom. The molecule has 0 N–H and O–H groups in total. The Morgan fingerprint density at radius 3 is 2.27 bits per heavy atom. The van der Waals surface area contributed by atoms with Crippen molar-refractivity contribution < 1.29 is 11.7 Å². The van der Waals surface area contributed by atoms with Crippen molar-refractivity contribution >= 4 is 44.5 Å². The van der Waals surface area contributed by atoms with Crippen LogP contribution >= 0.6 is 38.4 Å². The van der Waals surface area contributed by atoms with Gasteiger partial charge in [-0.3, -0.25) is 0 Å². The van der Waals surface area contributed by atoms with E-state index in [1.54, 1.807) is 0 Å². The predicted octanol–water partition coefficient (Wildman–Crippen LogP) is 5.20. The number of benzene rings is 1. The monoisotopic (exact) mass is 459 g/mol. The Kier molecular flexibility index (Phi) is 7.82. The van der Waals surface area contributed by atoms with Crippen molar-refractivity contribution in [3.8, 4) is 0 Å². The topological polar surface area (TPSA) is 0 Å². The molecule has 1 aliphatic carbocycles. The van der Waals surface area contributed by atoms with E-state index in [2.05, 4.69) is 82.1 Å². The molecule has 0 heterocycles. The molecule has 0 saturated carbocycles. The van der Waals surface area contributed by atoms with Crippen molar-refractivity contribution in [1.82, 2.24) is 0 Å². The van der Waals surface area contributed by atoms with E-state index >= 15 is 0 Å². The molecule has 1 aromatic rings.